The lowest BCUT2D eigenvalue weighted by Crippen LogP contribution is -2.05. The zero-order valence-electron chi connectivity index (χ0n) is 16.2. The minimum atomic E-state index is -0.837. The minimum Gasteiger partial charge on any atom is -0.481 e. The molecule has 3 aromatic carbocycles. The van der Waals surface area contributed by atoms with E-state index in [0.717, 1.165) is 16.8 Å². The van der Waals surface area contributed by atoms with Gasteiger partial charge in [-0.1, -0.05) is 65.8 Å². The van der Waals surface area contributed by atoms with E-state index in [4.69, 9.17) is 9.94 Å². The number of para-hydroxylation sites is 2. The molecule has 0 saturated carbocycles. The van der Waals surface area contributed by atoms with Gasteiger partial charge >= 0.3 is 5.97 Å². The Kier molecular flexibility index (Phi) is 5.29. The van der Waals surface area contributed by atoms with E-state index in [0.29, 0.717) is 13.2 Å². The molecule has 0 fully saturated rings. The van der Waals surface area contributed by atoms with Crippen LogP contribution in [0.25, 0.3) is 21.8 Å². The van der Waals surface area contributed by atoms with Crippen LogP contribution in [-0.4, -0.2) is 28.0 Å². The first kappa shape index (κ1) is 18.7. The molecule has 0 amide bonds. The number of fused-ring (bicyclic) bond motifs is 3. The molecule has 0 aliphatic heterocycles. The van der Waals surface area contributed by atoms with Crippen molar-refractivity contribution in [1.82, 2.24) is 4.57 Å². The van der Waals surface area contributed by atoms with Crippen LogP contribution >= 0.6 is 0 Å². The van der Waals surface area contributed by atoms with Crippen LogP contribution < -0.4 is 0 Å². The number of aromatic nitrogens is 1. The number of carboxylic acid groups (broad SMARTS) is 1. The standard InChI is InChI=1S/C24H22N2O3/c1-17(19-12-10-18(11-13-19)16-24(27)28)25-29-15-14-26-22-8-4-2-6-20(22)21-7-3-5-9-23(21)26/h2-13H,14-16H2,1H3,(H,27,28). The van der Waals surface area contributed by atoms with Crippen molar-refractivity contribution in [2.75, 3.05) is 6.61 Å². The van der Waals surface area contributed by atoms with Gasteiger partial charge in [-0.25, -0.2) is 0 Å². The van der Waals surface area contributed by atoms with Crippen LogP contribution in [0.1, 0.15) is 18.1 Å². The molecule has 5 nitrogen and oxygen atoms in total. The number of hydrogen-bond donors (Lipinski definition) is 1. The second-order valence-electron chi connectivity index (χ2n) is 6.96. The van der Waals surface area contributed by atoms with Crippen LogP contribution in [0.5, 0.6) is 0 Å². The van der Waals surface area contributed by atoms with Gasteiger partial charge in [0.25, 0.3) is 0 Å². The second-order valence-corrected chi connectivity index (χ2v) is 6.96. The maximum atomic E-state index is 10.8. The summed E-state index contributed by atoms with van der Waals surface area (Å²) in [5.41, 5.74) is 4.81. The SMILES string of the molecule is CC(=NOCCn1c2ccccc2c2ccccc21)c1ccc(CC(=O)O)cc1. The summed E-state index contributed by atoms with van der Waals surface area (Å²) < 4.78 is 2.26. The smallest absolute Gasteiger partial charge is 0.307 e. The number of carboxylic acids is 1. The Hall–Kier alpha value is -3.60. The molecule has 5 heteroatoms. The Balaban J connectivity index is 1.45. The summed E-state index contributed by atoms with van der Waals surface area (Å²) in [6.07, 6.45) is 0.0196. The van der Waals surface area contributed by atoms with Crippen LogP contribution in [-0.2, 0) is 22.6 Å². The number of nitrogens with zero attached hydrogens (tertiary/aromatic N) is 2. The predicted molar refractivity (Wildman–Crippen MR) is 115 cm³/mol. The van der Waals surface area contributed by atoms with Crippen molar-refractivity contribution in [1.29, 1.82) is 0 Å². The molecule has 29 heavy (non-hydrogen) atoms. The van der Waals surface area contributed by atoms with Gasteiger partial charge in [0, 0.05) is 21.8 Å². The van der Waals surface area contributed by atoms with Crippen molar-refractivity contribution >= 4 is 33.5 Å². The predicted octanol–water partition coefficient (Wildman–Crippen LogP) is 4.86. The van der Waals surface area contributed by atoms with Crippen molar-refractivity contribution in [2.24, 2.45) is 5.16 Å². The normalized spacial score (nSPS) is 11.8. The summed E-state index contributed by atoms with van der Waals surface area (Å²) in [5.74, 6) is -0.837. The van der Waals surface area contributed by atoms with E-state index in [1.807, 2.05) is 19.1 Å². The lowest BCUT2D eigenvalue weighted by atomic mass is 10.1. The van der Waals surface area contributed by atoms with E-state index >= 15 is 0 Å². The first-order valence-corrected chi connectivity index (χ1v) is 9.57. The van der Waals surface area contributed by atoms with E-state index in [1.165, 1.54) is 21.8 Å². The Morgan fingerprint density at radius 2 is 1.52 bits per heavy atom. The highest BCUT2D eigenvalue weighted by Crippen LogP contribution is 2.28. The average Bonchev–Trinajstić information content (AvgIpc) is 3.05. The first-order chi connectivity index (χ1) is 14.1. The number of benzene rings is 3. The van der Waals surface area contributed by atoms with Gasteiger partial charge < -0.3 is 14.5 Å². The molecule has 0 radical (unpaired) electrons. The first-order valence-electron chi connectivity index (χ1n) is 9.57. The Morgan fingerprint density at radius 3 is 2.10 bits per heavy atom. The van der Waals surface area contributed by atoms with Gasteiger partial charge in [0.15, 0.2) is 0 Å². The van der Waals surface area contributed by atoms with Gasteiger partial charge in [-0.15, -0.1) is 0 Å². The lowest BCUT2D eigenvalue weighted by Gasteiger charge is -2.07. The summed E-state index contributed by atoms with van der Waals surface area (Å²) in [5, 5.41) is 15.6. The van der Waals surface area contributed by atoms with Gasteiger partial charge in [-0.3, -0.25) is 4.79 Å². The lowest BCUT2D eigenvalue weighted by molar-refractivity contribution is -0.136. The fourth-order valence-electron chi connectivity index (χ4n) is 3.61. The van der Waals surface area contributed by atoms with Crippen molar-refractivity contribution in [3.63, 3.8) is 0 Å². The Labute approximate surface area is 168 Å². The van der Waals surface area contributed by atoms with E-state index in [1.54, 1.807) is 12.1 Å². The van der Waals surface area contributed by atoms with E-state index < -0.39 is 5.97 Å². The van der Waals surface area contributed by atoms with Gasteiger partial charge in [0.1, 0.15) is 6.61 Å². The molecule has 0 bridgehead atoms. The van der Waals surface area contributed by atoms with Crippen LogP contribution in [0.15, 0.2) is 78.0 Å². The molecule has 1 aromatic heterocycles. The van der Waals surface area contributed by atoms with Crippen molar-refractivity contribution < 1.29 is 14.7 Å². The maximum Gasteiger partial charge on any atom is 0.307 e. The molecule has 4 rings (SSSR count). The van der Waals surface area contributed by atoms with Gasteiger partial charge in [-0.2, -0.15) is 0 Å². The van der Waals surface area contributed by atoms with Crippen LogP contribution in [0.2, 0.25) is 0 Å². The molecule has 0 spiro atoms. The zero-order chi connectivity index (χ0) is 20.2. The monoisotopic (exact) mass is 386 g/mol. The molecule has 0 saturated heterocycles. The molecule has 0 aliphatic carbocycles. The largest absolute Gasteiger partial charge is 0.481 e. The van der Waals surface area contributed by atoms with Crippen molar-refractivity contribution in [2.45, 2.75) is 19.9 Å². The summed E-state index contributed by atoms with van der Waals surface area (Å²) >= 11 is 0. The molecule has 1 N–H and O–H groups in total. The summed E-state index contributed by atoms with van der Waals surface area (Å²) in [6.45, 7) is 3.03. The molecule has 0 unspecified atom stereocenters. The average molecular weight is 386 g/mol. The van der Waals surface area contributed by atoms with Gasteiger partial charge in [0.05, 0.1) is 18.7 Å². The van der Waals surface area contributed by atoms with Crippen LogP contribution in [0.3, 0.4) is 0 Å². The third kappa shape index (κ3) is 3.99. The maximum absolute atomic E-state index is 10.8. The zero-order valence-corrected chi connectivity index (χ0v) is 16.2. The molecule has 1 heterocycles. The highest BCUT2D eigenvalue weighted by molar-refractivity contribution is 6.07. The molecular weight excluding hydrogens is 364 g/mol. The number of hydrogen-bond acceptors (Lipinski definition) is 3. The van der Waals surface area contributed by atoms with Gasteiger partial charge in [-0.05, 0) is 30.2 Å². The Bertz CT molecular complexity index is 1140. The molecular formula is C24H22N2O3. The van der Waals surface area contributed by atoms with Gasteiger partial charge in [0.2, 0.25) is 0 Å². The van der Waals surface area contributed by atoms with Crippen LogP contribution in [0, 0.1) is 0 Å². The van der Waals surface area contributed by atoms with E-state index in [2.05, 4.69) is 58.3 Å². The third-order valence-electron chi connectivity index (χ3n) is 5.01. The minimum absolute atomic E-state index is 0.0196. The van der Waals surface area contributed by atoms with Crippen LogP contribution in [0.4, 0.5) is 0 Å². The quantitative estimate of drug-likeness (QED) is 0.280. The topological polar surface area (TPSA) is 63.8 Å². The highest BCUT2D eigenvalue weighted by atomic mass is 16.6. The summed E-state index contributed by atoms with van der Waals surface area (Å²) in [6, 6.07) is 24.1. The van der Waals surface area contributed by atoms with Crippen molar-refractivity contribution in [3.05, 3.63) is 83.9 Å². The summed E-state index contributed by atoms with van der Waals surface area (Å²) in [4.78, 5) is 16.4. The molecule has 0 aliphatic rings. The molecule has 146 valence electrons. The van der Waals surface area contributed by atoms with E-state index in [9.17, 15) is 4.79 Å². The third-order valence-corrected chi connectivity index (χ3v) is 5.01. The number of oxime groups is 1. The fraction of sp³-hybridized carbons (Fsp3) is 0.167. The van der Waals surface area contributed by atoms with E-state index in [-0.39, 0.29) is 6.42 Å². The van der Waals surface area contributed by atoms with Crippen molar-refractivity contribution in [3.8, 4) is 0 Å². The molecule has 0 atom stereocenters. The highest BCUT2D eigenvalue weighted by Gasteiger charge is 2.09. The number of rotatable bonds is 7. The molecule has 4 aromatic rings. The Morgan fingerprint density at radius 1 is 0.931 bits per heavy atom. The number of aliphatic carboxylic acids is 1. The second kappa shape index (κ2) is 8.19. The summed E-state index contributed by atoms with van der Waals surface area (Å²) in [7, 11) is 0. The fourth-order valence-corrected chi connectivity index (χ4v) is 3.61. The number of carbonyl (C=O) groups is 1.